The highest BCUT2D eigenvalue weighted by atomic mass is 19.1. The SMILES string of the molecule is C=CCCC(=O)Nc1ccc(OCc2cccc(F)c2)cc1C. The van der Waals surface area contributed by atoms with Gasteiger partial charge in [0.1, 0.15) is 18.2 Å². The molecule has 2 rings (SSSR count). The van der Waals surface area contributed by atoms with Crippen LogP contribution in [0.15, 0.2) is 55.1 Å². The van der Waals surface area contributed by atoms with Crippen molar-refractivity contribution in [3.63, 3.8) is 0 Å². The molecule has 0 heterocycles. The van der Waals surface area contributed by atoms with Crippen LogP contribution in [0, 0.1) is 12.7 Å². The van der Waals surface area contributed by atoms with Gasteiger partial charge in [0.25, 0.3) is 0 Å². The molecule has 0 unspecified atom stereocenters. The zero-order valence-corrected chi connectivity index (χ0v) is 13.1. The molecule has 0 saturated carbocycles. The van der Waals surface area contributed by atoms with Gasteiger partial charge in [-0.1, -0.05) is 18.2 Å². The number of amides is 1. The van der Waals surface area contributed by atoms with Crippen molar-refractivity contribution in [1.29, 1.82) is 0 Å². The van der Waals surface area contributed by atoms with Gasteiger partial charge in [-0.2, -0.15) is 0 Å². The monoisotopic (exact) mass is 313 g/mol. The molecular formula is C19H20FNO2. The van der Waals surface area contributed by atoms with Gasteiger partial charge in [-0.25, -0.2) is 4.39 Å². The van der Waals surface area contributed by atoms with Gasteiger partial charge in [-0.3, -0.25) is 4.79 Å². The third-order valence-corrected chi connectivity index (χ3v) is 3.34. The minimum absolute atomic E-state index is 0.0403. The van der Waals surface area contributed by atoms with Crippen molar-refractivity contribution in [1.82, 2.24) is 0 Å². The molecule has 0 bridgehead atoms. The number of allylic oxidation sites excluding steroid dienone is 1. The third kappa shape index (κ3) is 5.25. The van der Waals surface area contributed by atoms with Crippen molar-refractivity contribution >= 4 is 11.6 Å². The van der Waals surface area contributed by atoms with Crippen molar-refractivity contribution in [2.75, 3.05) is 5.32 Å². The summed E-state index contributed by atoms with van der Waals surface area (Å²) in [4.78, 5) is 11.7. The van der Waals surface area contributed by atoms with Gasteiger partial charge in [0.2, 0.25) is 5.91 Å². The number of benzene rings is 2. The predicted octanol–water partition coefficient (Wildman–Crippen LogP) is 4.62. The summed E-state index contributed by atoms with van der Waals surface area (Å²) in [7, 11) is 0. The van der Waals surface area contributed by atoms with Crippen molar-refractivity contribution in [2.45, 2.75) is 26.4 Å². The lowest BCUT2D eigenvalue weighted by atomic mass is 10.1. The van der Waals surface area contributed by atoms with E-state index >= 15 is 0 Å². The number of rotatable bonds is 7. The zero-order valence-electron chi connectivity index (χ0n) is 13.1. The molecule has 4 heteroatoms. The quantitative estimate of drug-likeness (QED) is 0.758. The average Bonchev–Trinajstić information content (AvgIpc) is 2.53. The summed E-state index contributed by atoms with van der Waals surface area (Å²) in [6, 6.07) is 11.8. The van der Waals surface area contributed by atoms with E-state index in [9.17, 15) is 9.18 Å². The maximum absolute atomic E-state index is 13.1. The van der Waals surface area contributed by atoms with Crippen molar-refractivity contribution in [3.8, 4) is 5.75 Å². The summed E-state index contributed by atoms with van der Waals surface area (Å²) in [5, 5.41) is 2.86. The van der Waals surface area contributed by atoms with Gasteiger partial charge < -0.3 is 10.1 Å². The van der Waals surface area contributed by atoms with E-state index in [1.54, 1.807) is 18.2 Å². The normalized spacial score (nSPS) is 10.2. The fraction of sp³-hybridized carbons (Fsp3) is 0.211. The van der Waals surface area contributed by atoms with Crippen LogP contribution in [0.2, 0.25) is 0 Å². The first-order valence-corrected chi connectivity index (χ1v) is 7.47. The molecule has 23 heavy (non-hydrogen) atoms. The van der Waals surface area contributed by atoms with Crippen LogP contribution in [-0.2, 0) is 11.4 Å². The Bertz CT molecular complexity index is 698. The molecule has 1 N–H and O–H groups in total. The van der Waals surface area contributed by atoms with Crippen LogP contribution in [0.25, 0.3) is 0 Å². The van der Waals surface area contributed by atoms with E-state index in [4.69, 9.17) is 4.74 Å². The van der Waals surface area contributed by atoms with Gasteiger partial charge in [-0.15, -0.1) is 6.58 Å². The molecule has 0 spiro atoms. The Kier molecular flexibility index (Phi) is 5.92. The minimum Gasteiger partial charge on any atom is -0.489 e. The largest absolute Gasteiger partial charge is 0.489 e. The van der Waals surface area contributed by atoms with Crippen molar-refractivity contribution < 1.29 is 13.9 Å². The fourth-order valence-electron chi connectivity index (χ4n) is 2.11. The summed E-state index contributed by atoms with van der Waals surface area (Å²) in [6.45, 7) is 5.79. The van der Waals surface area contributed by atoms with Gasteiger partial charge in [0.05, 0.1) is 0 Å². The first kappa shape index (κ1) is 16.7. The number of hydrogen-bond acceptors (Lipinski definition) is 2. The fourth-order valence-corrected chi connectivity index (χ4v) is 2.11. The number of carbonyl (C=O) groups is 1. The molecule has 3 nitrogen and oxygen atoms in total. The van der Waals surface area contributed by atoms with Crippen LogP contribution in [0.1, 0.15) is 24.0 Å². The number of hydrogen-bond donors (Lipinski definition) is 1. The van der Waals surface area contributed by atoms with Gasteiger partial charge in [0.15, 0.2) is 0 Å². The lowest BCUT2D eigenvalue weighted by Gasteiger charge is -2.11. The first-order chi connectivity index (χ1) is 11.1. The molecule has 2 aromatic rings. The maximum atomic E-state index is 13.1. The lowest BCUT2D eigenvalue weighted by Crippen LogP contribution is -2.11. The van der Waals surface area contributed by atoms with Crippen LogP contribution in [-0.4, -0.2) is 5.91 Å². The molecule has 0 fully saturated rings. The van der Waals surface area contributed by atoms with Gasteiger partial charge in [0, 0.05) is 12.1 Å². The number of halogens is 1. The topological polar surface area (TPSA) is 38.3 Å². The zero-order chi connectivity index (χ0) is 16.7. The second kappa shape index (κ2) is 8.13. The molecule has 2 aromatic carbocycles. The average molecular weight is 313 g/mol. The molecule has 0 atom stereocenters. The van der Waals surface area contributed by atoms with Crippen LogP contribution < -0.4 is 10.1 Å². The summed E-state index contributed by atoms with van der Waals surface area (Å²) in [6.07, 6.45) is 2.79. The molecule has 0 aliphatic heterocycles. The maximum Gasteiger partial charge on any atom is 0.224 e. The van der Waals surface area contributed by atoms with Crippen molar-refractivity contribution in [3.05, 3.63) is 72.1 Å². The van der Waals surface area contributed by atoms with E-state index in [1.807, 2.05) is 25.1 Å². The Balaban J connectivity index is 1.96. The Hall–Kier alpha value is -2.62. The summed E-state index contributed by atoms with van der Waals surface area (Å²) >= 11 is 0. The van der Waals surface area contributed by atoms with E-state index in [-0.39, 0.29) is 11.7 Å². The molecule has 0 aliphatic rings. The Morgan fingerprint density at radius 3 is 2.83 bits per heavy atom. The Morgan fingerprint density at radius 1 is 1.30 bits per heavy atom. The van der Waals surface area contributed by atoms with Gasteiger partial charge in [-0.05, 0) is 54.8 Å². The van der Waals surface area contributed by atoms with Crippen molar-refractivity contribution in [2.24, 2.45) is 0 Å². The Morgan fingerprint density at radius 2 is 2.13 bits per heavy atom. The number of aryl methyl sites for hydroxylation is 1. The highest BCUT2D eigenvalue weighted by molar-refractivity contribution is 5.91. The predicted molar refractivity (Wildman–Crippen MR) is 90.0 cm³/mol. The van der Waals surface area contributed by atoms with Crippen LogP contribution in [0.3, 0.4) is 0 Å². The molecule has 0 aliphatic carbocycles. The molecule has 0 radical (unpaired) electrons. The standard InChI is InChI=1S/C19H20FNO2/c1-3-4-8-19(22)21-18-10-9-17(11-14(18)2)23-13-15-6-5-7-16(20)12-15/h3,5-7,9-12H,1,4,8,13H2,2H3,(H,21,22). The smallest absolute Gasteiger partial charge is 0.224 e. The second-order valence-electron chi connectivity index (χ2n) is 5.27. The number of carbonyl (C=O) groups excluding carboxylic acids is 1. The second-order valence-corrected chi connectivity index (χ2v) is 5.27. The summed E-state index contributed by atoms with van der Waals surface area (Å²) in [5.74, 6) is 0.358. The van der Waals surface area contributed by atoms with Gasteiger partial charge >= 0.3 is 0 Å². The number of ether oxygens (including phenoxy) is 1. The molecule has 0 saturated heterocycles. The van der Waals surface area contributed by atoms with E-state index < -0.39 is 0 Å². The number of anilines is 1. The lowest BCUT2D eigenvalue weighted by molar-refractivity contribution is -0.116. The Labute approximate surface area is 135 Å². The van der Waals surface area contributed by atoms with Crippen LogP contribution >= 0.6 is 0 Å². The molecular weight excluding hydrogens is 293 g/mol. The van der Waals surface area contributed by atoms with E-state index in [1.165, 1.54) is 12.1 Å². The van der Waals surface area contributed by atoms with E-state index in [0.717, 1.165) is 16.8 Å². The molecule has 1 amide bonds. The minimum atomic E-state index is -0.278. The van der Waals surface area contributed by atoms with E-state index in [2.05, 4.69) is 11.9 Å². The summed E-state index contributed by atoms with van der Waals surface area (Å²) in [5.41, 5.74) is 2.44. The highest BCUT2D eigenvalue weighted by Crippen LogP contribution is 2.22. The number of nitrogens with one attached hydrogen (secondary N) is 1. The van der Waals surface area contributed by atoms with Crippen LogP contribution in [0.5, 0.6) is 5.75 Å². The highest BCUT2D eigenvalue weighted by Gasteiger charge is 2.06. The third-order valence-electron chi connectivity index (χ3n) is 3.34. The molecule has 0 aromatic heterocycles. The molecule has 120 valence electrons. The van der Waals surface area contributed by atoms with E-state index in [0.29, 0.717) is 25.2 Å². The van der Waals surface area contributed by atoms with Crippen LogP contribution in [0.4, 0.5) is 10.1 Å². The summed E-state index contributed by atoms with van der Waals surface area (Å²) < 4.78 is 18.8. The first-order valence-electron chi connectivity index (χ1n) is 7.47.